The molecule has 5 rings (SSSR count). The van der Waals surface area contributed by atoms with Gasteiger partial charge in [-0.05, 0) is 55.2 Å². The Balaban J connectivity index is 1.24. The Morgan fingerprint density at radius 3 is 2.28 bits per heavy atom. The molecule has 0 spiro atoms. The van der Waals surface area contributed by atoms with Crippen molar-refractivity contribution in [2.75, 3.05) is 24.5 Å². The summed E-state index contributed by atoms with van der Waals surface area (Å²) >= 11 is -1.04. The van der Waals surface area contributed by atoms with E-state index in [2.05, 4.69) is 11.0 Å². The van der Waals surface area contributed by atoms with E-state index in [1.54, 1.807) is 26.0 Å². The van der Waals surface area contributed by atoms with Crippen molar-refractivity contribution in [1.82, 2.24) is 4.90 Å². The molecule has 204 valence electrons. The highest BCUT2D eigenvalue weighted by atomic mass is 127. The van der Waals surface area contributed by atoms with Gasteiger partial charge in [0.05, 0.1) is 6.26 Å². The zero-order valence-corrected chi connectivity index (χ0v) is 24.1. The van der Waals surface area contributed by atoms with Crippen molar-refractivity contribution >= 4 is 47.8 Å². The smallest absolute Gasteiger partial charge is 0.354 e. The predicted octanol–water partition coefficient (Wildman–Crippen LogP) is 4.78. The van der Waals surface area contributed by atoms with Gasteiger partial charge in [0.1, 0.15) is 0 Å². The molecule has 0 saturated carbocycles. The standard InChI is InChI=1S/C30H31IN2O6/c1-30(2)38-28(35)26(29(36)39-30)31-24-12-7-6-9-21(24)14-17-32-18-15-23(16-19-32)33(22-10-4-3-5-11-22)27(34)25-13-8-20-37-25/h3-13,20,23H,14-19H2,1-2H3. The maximum Gasteiger partial charge on any atom is 0.354 e. The van der Waals surface area contributed by atoms with Crippen molar-refractivity contribution in [3.05, 3.63) is 87.9 Å². The van der Waals surface area contributed by atoms with Crippen LogP contribution in [-0.2, 0) is 25.5 Å². The highest BCUT2D eigenvalue weighted by Gasteiger charge is 2.39. The topological polar surface area (TPSA) is 89.3 Å². The van der Waals surface area contributed by atoms with Gasteiger partial charge in [0.2, 0.25) is 0 Å². The molecule has 1 aromatic heterocycles. The molecule has 39 heavy (non-hydrogen) atoms. The SMILES string of the molecule is CC1(C)OC(=O)C(=Ic2ccccc2CCN2CCC(N(C(=O)c3ccco3)c3ccccc3)CC2)C(=O)O1. The predicted molar refractivity (Wildman–Crippen MR) is 156 cm³/mol. The lowest BCUT2D eigenvalue weighted by Gasteiger charge is -2.38. The summed E-state index contributed by atoms with van der Waals surface area (Å²) in [6.07, 6.45) is 4.03. The molecule has 1 amide bonds. The minimum atomic E-state index is -1.23. The van der Waals surface area contributed by atoms with E-state index in [0.717, 1.165) is 53.7 Å². The number of amides is 1. The number of anilines is 1. The Labute approximate surface area is 237 Å². The van der Waals surface area contributed by atoms with Crippen LogP contribution in [0.25, 0.3) is 0 Å². The lowest BCUT2D eigenvalue weighted by molar-refractivity contribution is -0.214. The second kappa shape index (κ2) is 11.8. The Morgan fingerprint density at radius 2 is 1.62 bits per heavy atom. The number of nitrogens with zero attached hydrogens (tertiary/aromatic N) is 2. The number of ether oxygens (including phenoxy) is 2. The van der Waals surface area contributed by atoms with E-state index in [0.29, 0.717) is 5.76 Å². The minimum absolute atomic E-state index is 0.0726. The lowest BCUT2D eigenvalue weighted by atomic mass is 10.0. The molecule has 3 aromatic rings. The fraction of sp³-hybridized carbons (Fsp3) is 0.333. The summed E-state index contributed by atoms with van der Waals surface area (Å²) in [7, 11) is 0. The molecule has 0 atom stereocenters. The van der Waals surface area contributed by atoms with Gasteiger partial charge in [-0.3, -0.25) is 4.79 Å². The number of piperidine rings is 1. The first-order valence-electron chi connectivity index (χ1n) is 13.0. The van der Waals surface area contributed by atoms with Crippen LogP contribution in [0.5, 0.6) is 0 Å². The van der Waals surface area contributed by atoms with Gasteiger partial charge in [-0.1, -0.05) is 57.1 Å². The number of para-hydroxylation sites is 1. The number of furan rings is 1. The fourth-order valence-electron chi connectivity index (χ4n) is 4.89. The zero-order valence-electron chi connectivity index (χ0n) is 22.0. The van der Waals surface area contributed by atoms with Crippen LogP contribution < -0.4 is 4.90 Å². The maximum absolute atomic E-state index is 13.3. The molecule has 2 fully saturated rings. The highest BCUT2D eigenvalue weighted by Crippen LogP contribution is 2.28. The monoisotopic (exact) mass is 642 g/mol. The summed E-state index contributed by atoms with van der Waals surface area (Å²) < 4.78 is 17.2. The molecule has 0 unspecified atom stereocenters. The molecule has 9 heteroatoms. The third-order valence-corrected chi connectivity index (χ3v) is 9.85. The van der Waals surface area contributed by atoms with Crippen molar-refractivity contribution in [3.8, 4) is 0 Å². The summed E-state index contributed by atoms with van der Waals surface area (Å²) in [5, 5.41) is 0. The molecule has 8 nitrogen and oxygen atoms in total. The molecular weight excluding hydrogens is 611 g/mol. The van der Waals surface area contributed by atoms with Crippen molar-refractivity contribution in [2.24, 2.45) is 0 Å². The first kappa shape index (κ1) is 27.3. The number of likely N-dealkylation sites (tertiary alicyclic amines) is 1. The van der Waals surface area contributed by atoms with E-state index in [9.17, 15) is 14.4 Å². The number of hydrogen-bond donors (Lipinski definition) is 0. The van der Waals surface area contributed by atoms with Gasteiger partial charge in [0.15, 0.2) is 9.27 Å². The van der Waals surface area contributed by atoms with Crippen molar-refractivity contribution < 1.29 is 28.3 Å². The van der Waals surface area contributed by atoms with E-state index in [1.165, 1.54) is 6.26 Å². The summed E-state index contributed by atoms with van der Waals surface area (Å²) in [6.45, 7) is 5.69. The molecule has 0 aliphatic carbocycles. The number of rotatable bonds is 7. The van der Waals surface area contributed by atoms with Gasteiger partial charge in [0, 0.05) is 48.8 Å². The van der Waals surface area contributed by atoms with Crippen molar-refractivity contribution in [2.45, 2.75) is 44.9 Å². The van der Waals surface area contributed by atoms with Crippen LogP contribution >= 0.6 is 20.7 Å². The van der Waals surface area contributed by atoms with Crippen LogP contribution in [0.3, 0.4) is 0 Å². The number of halogens is 1. The normalized spacial score (nSPS) is 17.9. The first-order valence-corrected chi connectivity index (χ1v) is 15.2. The summed E-state index contributed by atoms with van der Waals surface area (Å²) in [5.41, 5.74) is 2.00. The van der Waals surface area contributed by atoms with Gasteiger partial charge in [-0.25, -0.2) is 9.59 Å². The molecule has 0 N–H and O–H groups in total. The van der Waals surface area contributed by atoms with E-state index in [1.807, 2.05) is 53.4 Å². The van der Waals surface area contributed by atoms with E-state index < -0.39 is 38.5 Å². The Morgan fingerprint density at radius 1 is 0.949 bits per heavy atom. The van der Waals surface area contributed by atoms with E-state index >= 15 is 0 Å². The third kappa shape index (κ3) is 6.47. The van der Waals surface area contributed by atoms with Gasteiger partial charge >= 0.3 is 11.9 Å². The molecule has 0 radical (unpaired) electrons. The first-order chi connectivity index (χ1) is 18.8. The number of carbonyl (C=O) groups is 3. The quantitative estimate of drug-likeness (QED) is 0.271. The summed E-state index contributed by atoms with van der Waals surface area (Å²) in [5.74, 6) is -2.16. The zero-order chi connectivity index (χ0) is 27.4. The number of carbonyl (C=O) groups excluding carboxylic acids is 3. The van der Waals surface area contributed by atoms with Crippen LogP contribution in [0.15, 0.2) is 77.4 Å². The Hall–Kier alpha value is -3.31. The number of benzene rings is 2. The number of esters is 2. The van der Waals surface area contributed by atoms with Gasteiger partial charge in [0.25, 0.3) is 11.7 Å². The average molecular weight is 642 g/mol. The summed E-state index contributed by atoms with van der Waals surface area (Å²) in [6, 6.07) is 21.2. The maximum atomic E-state index is 13.3. The molecule has 2 saturated heterocycles. The van der Waals surface area contributed by atoms with Gasteiger partial charge < -0.3 is 23.7 Å². The van der Waals surface area contributed by atoms with Gasteiger partial charge in [-0.2, -0.15) is 0 Å². The molecule has 2 aliphatic heterocycles. The van der Waals surface area contributed by atoms with Crippen LogP contribution in [0.1, 0.15) is 42.8 Å². The highest BCUT2D eigenvalue weighted by molar-refractivity contribution is 14.2. The van der Waals surface area contributed by atoms with Crippen LogP contribution in [-0.4, -0.2) is 57.7 Å². The van der Waals surface area contributed by atoms with Crippen LogP contribution in [0.2, 0.25) is 0 Å². The summed E-state index contributed by atoms with van der Waals surface area (Å²) in [4.78, 5) is 42.6. The second-order valence-electron chi connectivity index (χ2n) is 9.99. The van der Waals surface area contributed by atoms with Crippen molar-refractivity contribution in [3.63, 3.8) is 0 Å². The number of cyclic esters (lactones) is 2. The molecule has 2 aromatic carbocycles. The molecule has 3 heterocycles. The third-order valence-electron chi connectivity index (χ3n) is 6.79. The van der Waals surface area contributed by atoms with Crippen LogP contribution in [0, 0.1) is 3.57 Å². The van der Waals surface area contributed by atoms with E-state index in [4.69, 9.17) is 13.9 Å². The average Bonchev–Trinajstić information content (AvgIpc) is 3.46. The number of hydrogen-bond acceptors (Lipinski definition) is 7. The van der Waals surface area contributed by atoms with E-state index in [-0.39, 0.29) is 15.5 Å². The second-order valence-corrected chi connectivity index (χ2v) is 12.8. The van der Waals surface area contributed by atoms with Crippen LogP contribution in [0.4, 0.5) is 5.69 Å². The Bertz CT molecular complexity index is 1340. The van der Waals surface area contributed by atoms with Gasteiger partial charge in [-0.15, -0.1) is 0 Å². The lowest BCUT2D eigenvalue weighted by Crippen LogP contribution is -2.48. The minimum Gasteiger partial charge on any atom is -0.459 e. The fourth-order valence-corrected chi connectivity index (χ4v) is 7.32. The molecular formula is C30H31IN2O6. The van der Waals surface area contributed by atoms with Crippen molar-refractivity contribution in [1.29, 1.82) is 0 Å². The molecule has 2 aliphatic rings. The molecule has 0 bridgehead atoms. The Kier molecular flexibility index (Phi) is 8.27. The largest absolute Gasteiger partial charge is 0.459 e.